The zero-order valence-electron chi connectivity index (χ0n) is 14.8. The second-order valence-corrected chi connectivity index (χ2v) is 8.18. The first-order valence-corrected chi connectivity index (χ1v) is 10.2. The Hall–Kier alpha value is -2.67. The Balaban J connectivity index is 1.44. The van der Waals surface area contributed by atoms with Crippen LogP contribution in [0.3, 0.4) is 0 Å². The highest BCUT2D eigenvalue weighted by atomic mass is 32.1. The zero-order chi connectivity index (χ0) is 18.4. The summed E-state index contributed by atoms with van der Waals surface area (Å²) in [5, 5.41) is 6.54. The first-order chi connectivity index (χ1) is 13.2. The van der Waals surface area contributed by atoms with E-state index in [9.17, 15) is 9.59 Å². The van der Waals surface area contributed by atoms with E-state index in [1.807, 2.05) is 52.7 Å². The predicted molar refractivity (Wildman–Crippen MR) is 103 cm³/mol. The highest BCUT2D eigenvalue weighted by Crippen LogP contribution is 2.32. The van der Waals surface area contributed by atoms with E-state index in [1.54, 1.807) is 9.25 Å². The van der Waals surface area contributed by atoms with Crippen LogP contribution >= 0.6 is 11.3 Å². The lowest BCUT2D eigenvalue weighted by atomic mass is 10.1. The van der Waals surface area contributed by atoms with Gasteiger partial charge in [0.1, 0.15) is 5.82 Å². The van der Waals surface area contributed by atoms with Crippen LogP contribution in [0.2, 0.25) is 0 Å². The van der Waals surface area contributed by atoms with E-state index in [1.165, 1.54) is 11.3 Å². The van der Waals surface area contributed by atoms with Gasteiger partial charge in [0.2, 0.25) is 0 Å². The molecule has 6 nitrogen and oxygen atoms in total. The number of aromatic nitrogens is 3. The number of nitrogens with zero attached hydrogens (tertiary/aromatic N) is 4. The summed E-state index contributed by atoms with van der Waals surface area (Å²) in [5.74, 6) is 0.889. The van der Waals surface area contributed by atoms with Crippen molar-refractivity contribution in [3.05, 3.63) is 74.6 Å². The van der Waals surface area contributed by atoms with E-state index in [0.717, 1.165) is 29.1 Å². The molecule has 2 bridgehead atoms. The first kappa shape index (κ1) is 16.5. The molecule has 5 rings (SSSR count). The summed E-state index contributed by atoms with van der Waals surface area (Å²) < 4.78 is 3.34. The molecule has 1 amide bonds. The van der Waals surface area contributed by atoms with Crippen molar-refractivity contribution in [1.29, 1.82) is 0 Å². The summed E-state index contributed by atoms with van der Waals surface area (Å²) >= 11 is 1.48. The minimum atomic E-state index is -0.0788. The minimum Gasteiger partial charge on any atom is -0.330 e. The van der Waals surface area contributed by atoms with Crippen molar-refractivity contribution in [3.63, 3.8) is 0 Å². The predicted octanol–water partition coefficient (Wildman–Crippen LogP) is 2.38. The molecular formula is C20H20N4O2S. The molecule has 0 aliphatic carbocycles. The summed E-state index contributed by atoms with van der Waals surface area (Å²) in [6.45, 7) is 1.02. The van der Waals surface area contributed by atoms with Gasteiger partial charge in [0.15, 0.2) is 0 Å². The summed E-state index contributed by atoms with van der Waals surface area (Å²) in [7, 11) is 0. The lowest BCUT2D eigenvalue weighted by Gasteiger charge is -2.27. The van der Waals surface area contributed by atoms with Gasteiger partial charge >= 0.3 is 5.69 Å². The largest absolute Gasteiger partial charge is 0.346 e. The molecule has 2 aliphatic rings. The third kappa shape index (κ3) is 2.82. The van der Waals surface area contributed by atoms with Gasteiger partial charge in [-0.2, -0.15) is 5.10 Å². The van der Waals surface area contributed by atoms with Crippen molar-refractivity contribution < 1.29 is 4.79 Å². The Kier molecular flexibility index (Phi) is 3.97. The molecule has 138 valence electrons. The number of fused-ring (bicyclic) bond motifs is 3. The van der Waals surface area contributed by atoms with E-state index in [-0.39, 0.29) is 23.7 Å². The zero-order valence-corrected chi connectivity index (χ0v) is 15.6. The van der Waals surface area contributed by atoms with E-state index in [2.05, 4.69) is 5.10 Å². The normalized spacial score (nSPS) is 21.1. The lowest BCUT2D eigenvalue weighted by molar-refractivity contribution is 0.0670. The van der Waals surface area contributed by atoms with Gasteiger partial charge in [-0.05, 0) is 29.9 Å². The van der Waals surface area contributed by atoms with Crippen LogP contribution in [0.25, 0.3) is 0 Å². The summed E-state index contributed by atoms with van der Waals surface area (Å²) in [4.78, 5) is 28.7. The van der Waals surface area contributed by atoms with Crippen LogP contribution in [0.4, 0.5) is 0 Å². The molecule has 2 aliphatic heterocycles. The Bertz CT molecular complexity index is 1020. The molecule has 1 aromatic carbocycles. The smallest absolute Gasteiger partial charge is 0.330 e. The van der Waals surface area contributed by atoms with Gasteiger partial charge in [0.25, 0.3) is 5.91 Å². The molecule has 3 aromatic rings. The maximum Gasteiger partial charge on any atom is 0.346 e. The molecule has 4 heterocycles. The SMILES string of the molecule is O=C(c1cccs1)N1[C@@H]2CC[C@H]1Cc1nn(Cc3ccccc3)c(=O)n1C2. The second-order valence-electron chi connectivity index (χ2n) is 7.23. The van der Waals surface area contributed by atoms with Gasteiger partial charge in [-0.3, -0.25) is 9.36 Å². The molecule has 0 N–H and O–H groups in total. The fraction of sp³-hybridized carbons (Fsp3) is 0.350. The van der Waals surface area contributed by atoms with Gasteiger partial charge in [-0.25, -0.2) is 9.48 Å². The van der Waals surface area contributed by atoms with Crippen LogP contribution in [-0.4, -0.2) is 37.2 Å². The average Bonchev–Trinajstić information content (AvgIpc) is 3.36. The number of rotatable bonds is 3. The topological polar surface area (TPSA) is 60.1 Å². The molecule has 2 aromatic heterocycles. The van der Waals surface area contributed by atoms with Gasteiger partial charge < -0.3 is 4.90 Å². The van der Waals surface area contributed by atoms with E-state index in [4.69, 9.17) is 0 Å². The molecule has 1 fully saturated rings. The van der Waals surface area contributed by atoms with Crippen molar-refractivity contribution in [2.24, 2.45) is 0 Å². The Morgan fingerprint density at radius 2 is 1.93 bits per heavy atom. The number of benzene rings is 1. The van der Waals surface area contributed by atoms with Crippen LogP contribution in [0.5, 0.6) is 0 Å². The van der Waals surface area contributed by atoms with E-state index in [0.29, 0.717) is 19.5 Å². The Morgan fingerprint density at radius 3 is 2.70 bits per heavy atom. The molecule has 0 radical (unpaired) electrons. The third-order valence-electron chi connectivity index (χ3n) is 5.57. The maximum absolute atomic E-state index is 13.0. The molecule has 7 heteroatoms. The number of hydrogen-bond acceptors (Lipinski definition) is 4. The minimum absolute atomic E-state index is 0.0675. The van der Waals surface area contributed by atoms with Crippen LogP contribution in [-0.2, 0) is 19.5 Å². The molecule has 27 heavy (non-hydrogen) atoms. The Labute approximate surface area is 160 Å². The van der Waals surface area contributed by atoms with Gasteiger partial charge in [0, 0.05) is 19.0 Å². The van der Waals surface area contributed by atoms with Crippen LogP contribution < -0.4 is 5.69 Å². The van der Waals surface area contributed by atoms with Gasteiger partial charge in [0.05, 0.1) is 17.5 Å². The quantitative estimate of drug-likeness (QED) is 0.701. The third-order valence-corrected chi connectivity index (χ3v) is 6.43. The standard InChI is InChI=1S/C20H20N4O2S/c25-19(17-7-4-10-27-17)24-15-8-9-16(24)13-22-18(11-15)21-23(20(22)26)12-14-5-2-1-3-6-14/h1-7,10,15-16H,8-9,11-13H2/t15-,16+/m0/s1. The second kappa shape index (κ2) is 6.49. The van der Waals surface area contributed by atoms with Crippen LogP contribution in [0.15, 0.2) is 52.6 Å². The van der Waals surface area contributed by atoms with Crippen LogP contribution in [0, 0.1) is 0 Å². The van der Waals surface area contributed by atoms with Crippen molar-refractivity contribution in [1.82, 2.24) is 19.2 Å². The van der Waals surface area contributed by atoms with Crippen molar-refractivity contribution in [2.45, 2.75) is 44.4 Å². The Morgan fingerprint density at radius 1 is 1.11 bits per heavy atom. The average molecular weight is 380 g/mol. The molecule has 0 saturated carbocycles. The van der Waals surface area contributed by atoms with E-state index < -0.39 is 0 Å². The van der Waals surface area contributed by atoms with Crippen molar-refractivity contribution >= 4 is 17.2 Å². The van der Waals surface area contributed by atoms with Gasteiger partial charge in [-0.1, -0.05) is 36.4 Å². The number of amides is 1. The lowest BCUT2D eigenvalue weighted by Crippen LogP contribution is -2.42. The molecule has 0 spiro atoms. The number of hydrogen-bond donors (Lipinski definition) is 0. The summed E-state index contributed by atoms with van der Waals surface area (Å²) in [6.07, 6.45) is 2.56. The number of thiophene rings is 1. The molecule has 2 atom stereocenters. The summed E-state index contributed by atoms with van der Waals surface area (Å²) in [6, 6.07) is 13.9. The highest BCUT2D eigenvalue weighted by molar-refractivity contribution is 7.12. The van der Waals surface area contributed by atoms with E-state index >= 15 is 0 Å². The molecule has 0 unspecified atom stereocenters. The van der Waals surface area contributed by atoms with Gasteiger partial charge in [-0.15, -0.1) is 11.3 Å². The molecular weight excluding hydrogens is 360 g/mol. The van der Waals surface area contributed by atoms with Crippen molar-refractivity contribution in [2.75, 3.05) is 0 Å². The van der Waals surface area contributed by atoms with Crippen LogP contribution in [0.1, 0.15) is 33.9 Å². The fourth-order valence-corrected chi connectivity index (χ4v) is 4.97. The maximum atomic E-state index is 13.0. The monoisotopic (exact) mass is 380 g/mol. The highest BCUT2D eigenvalue weighted by Gasteiger charge is 2.41. The first-order valence-electron chi connectivity index (χ1n) is 9.27. The fourth-order valence-electron chi connectivity index (χ4n) is 4.30. The number of carbonyl (C=O) groups is 1. The summed E-state index contributed by atoms with van der Waals surface area (Å²) in [5.41, 5.74) is 0.982. The number of carbonyl (C=O) groups excluding carboxylic acids is 1. The van der Waals surface area contributed by atoms with Crippen molar-refractivity contribution in [3.8, 4) is 0 Å². The molecule has 1 saturated heterocycles.